The van der Waals surface area contributed by atoms with Gasteiger partial charge in [-0.05, 0) is 40.8 Å². The van der Waals surface area contributed by atoms with E-state index in [1.54, 1.807) is 12.1 Å². The first-order chi connectivity index (χ1) is 8.56. The highest BCUT2D eigenvalue weighted by Crippen LogP contribution is 2.25. The Hall–Kier alpha value is -1.87. The second-order valence-electron chi connectivity index (χ2n) is 2.95. The first-order valence-electron chi connectivity index (χ1n) is 4.58. The largest absolute Gasteiger partial charge is 0.435 e. The zero-order chi connectivity index (χ0) is 13.5. The number of nitrogens with one attached hydrogen (secondary N) is 1. The molecule has 7 heteroatoms. The molecule has 4 nitrogen and oxygen atoms in total. The molecule has 1 aromatic rings. The second-order valence-corrected chi connectivity index (χ2v) is 4.11. The van der Waals surface area contributed by atoms with Crippen LogP contribution in [-0.2, 0) is 0 Å². The molecule has 1 aromatic carbocycles. The van der Waals surface area contributed by atoms with E-state index in [-0.39, 0.29) is 11.3 Å². The predicted molar refractivity (Wildman–Crippen MR) is 68.7 cm³/mol. The van der Waals surface area contributed by atoms with E-state index >= 15 is 0 Å². The number of halogens is 3. The molecule has 92 valence electrons. The fourth-order valence-electron chi connectivity index (χ4n) is 1.03. The van der Waals surface area contributed by atoms with Crippen molar-refractivity contribution in [3.63, 3.8) is 0 Å². The van der Waals surface area contributed by atoms with Crippen molar-refractivity contribution in [1.29, 1.82) is 10.5 Å². The second kappa shape index (κ2) is 6.77. The predicted octanol–water partition coefficient (Wildman–Crippen LogP) is 3.24. The maximum absolute atomic E-state index is 12.0. The van der Waals surface area contributed by atoms with Gasteiger partial charge in [0.25, 0.3) is 0 Å². The lowest BCUT2D eigenvalue weighted by Gasteiger charge is -2.08. The Kier molecular flexibility index (Phi) is 5.33. The number of ether oxygens (including phenoxy) is 1. The Balaban J connectivity index is 2.85. The number of allylic oxidation sites excluding steroid dienone is 1. The summed E-state index contributed by atoms with van der Waals surface area (Å²) in [5, 5.41) is 19.8. The van der Waals surface area contributed by atoms with Gasteiger partial charge in [-0.1, -0.05) is 0 Å². The molecule has 0 fully saturated rings. The fraction of sp³-hybridized carbons (Fsp3) is 0.0909. The van der Waals surface area contributed by atoms with E-state index in [9.17, 15) is 8.78 Å². The van der Waals surface area contributed by atoms with Crippen LogP contribution in [0, 0.1) is 26.2 Å². The molecule has 0 aliphatic carbocycles. The molecule has 1 N–H and O–H groups in total. The van der Waals surface area contributed by atoms with Crippen LogP contribution in [0.25, 0.3) is 0 Å². The topological polar surface area (TPSA) is 68.8 Å². The van der Waals surface area contributed by atoms with Crippen LogP contribution in [0.15, 0.2) is 30.0 Å². The molecule has 0 aromatic heterocycles. The average molecular weight is 361 g/mol. The highest BCUT2D eigenvalue weighted by atomic mass is 127. The third-order valence-corrected chi connectivity index (χ3v) is 2.67. The lowest BCUT2D eigenvalue weighted by molar-refractivity contribution is -0.0498. The summed E-state index contributed by atoms with van der Waals surface area (Å²) in [5.74, 6) is 0.0460. The van der Waals surface area contributed by atoms with Crippen LogP contribution >= 0.6 is 22.6 Å². The number of rotatable bonds is 4. The van der Waals surface area contributed by atoms with Crippen LogP contribution in [0.2, 0.25) is 0 Å². The van der Waals surface area contributed by atoms with Crippen molar-refractivity contribution in [3.8, 4) is 17.9 Å². The third kappa shape index (κ3) is 4.18. The van der Waals surface area contributed by atoms with E-state index in [0.717, 1.165) is 0 Å². The molecule has 0 amide bonds. The van der Waals surface area contributed by atoms with Gasteiger partial charge in [-0.25, -0.2) is 0 Å². The SMILES string of the molecule is N#CC(C#N)=CNc1ccc(OC(F)F)cc1I. The standard InChI is InChI=1S/C11H6F2IN3O/c12-11(13)18-8-1-2-10(9(14)3-8)17-6-7(4-15)5-16/h1-3,6,11,17H. The Morgan fingerprint density at radius 3 is 2.56 bits per heavy atom. The van der Waals surface area contributed by atoms with E-state index < -0.39 is 6.61 Å². The van der Waals surface area contributed by atoms with E-state index in [1.165, 1.54) is 24.4 Å². The van der Waals surface area contributed by atoms with Gasteiger partial charge in [0.2, 0.25) is 0 Å². The number of benzene rings is 1. The number of hydrogen-bond acceptors (Lipinski definition) is 4. The van der Waals surface area contributed by atoms with Crippen molar-refractivity contribution in [2.24, 2.45) is 0 Å². The molecule has 0 bridgehead atoms. The van der Waals surface area contributed by atoms with Crippen molar-refractivity contribution < 1.29 is 13.5 Å². The smallest absolute Gasteiger partial charge is 0.387 e. The summed E-state index contributed by atoms with van der Waals surface area (Å²) in [6, 6.07) is 7.68. The summed E-state index contributed by atoms with van der Waals surface area (Å²) in [4.78, 5) is 0. The van der Waals surface area contributed by atoms with Gasteiger partial charge < -0.3 is 10.1 Å². The third-order valence-electron chi connectivity index (χ3n) is 1.78. The summed E-state index contributed by atoms with van der Waals surface area (Å²) in [6.07, 6.45) is 1.24. The molecule has 0 saturated carbocycles. The summed E-state index contributed by atoms with van der Waals surface area (Å²) >= 11 is 1.92. The van der Waals surface area contributed by atoms with Gasteiger partial charge in [-0.3, -0.25) is 0 Å². The van der Waals surface area contributed by atoms with Crippen LogP contribution in [0.3, 0.4) is 0 Å². The first kappa shape index (κ1) is 14.2. The highest BCUT2D eigenvalue weighted by molar-refractivity contribution is 14.1. The van der Waals surface area contributed by atoms with Crippen LogP contribution in [0.1, 0.15) is 0 Å². The minimum atomic E-state index is -2.87. The molecule has 0 unspecified atom stereocenters. The maximum atomic E-state index is 12.0. The minimum absolute atomic E-state index is 0.0460. The van der Waals surface area contributed by atoms with Crippen LogP contribution in [0.5, 0.6) is 5.75 Å². The van der Waals surface area contributed by atoms with Gasteiger partial charge in [-0.15, -0.1) is 0 Å². The van der Waals surface area contributed by atoms with Crippen molar-refractivity contribution in [1.82, 2.24) is 0 Å². The molecule has 0 spiro atoms. The first-order valence-corrected chi connectivity index (χ1v) is 5.66. The van der Waals surface area contributed by atoms with E-state index in [0.29, 0.717) is 9.26 Å². The zero-order valence-electron chi connectivity index (χ0n) is 8.82. The number of hydrogen-bond donors (Lipinski definition) is 1. The molecule has 0 saturated heterocycles. The van der Waals surface area contributed by atoms with Crippen LogP contribution < -0.4 is 10.1 Å². The zero-order valence-corrected chi connectivity index (χ0v) is 11.0. The van der Waals surface area contributed by atoms with Gasteiger partial charge in [0.1, 0.15) is 23.5 Å². The monoisotopic (exact) mass is 361 g/mol. The molecule has 0 radical (unpaired) electrons. The summed E-state index contributed by atoms with van der Waals surface area (Å²) < 4.78 is 28.8. The molecular formula is C11H6F2IN3O. The number of nitrogens with zero attached hydrogens (tertiary/aromatic N) is 2. The van der Waals surface area contributed by atoms with Crippen molar-refractivity contribution >= 4 is 28.3 Å². The molecular weight excluding hydrogens is 355 g/mol. The van der Waals surface area contributed by atoms with Crippen LogP contribution in [0.4, 0.5) is 14.5 Å². The molecule has 18 heavy (non-hydrogen) atoms. The number of nitriles is 2. The molecule has 1 rings (SSSR count). The highest BCUT2D eigenvalue weighted by Gasteiger charge is 2.06. The van der Waals surface area contributed by atoms with E-state index in [4.69, 9.17) is 10.5 Å². The molecule has 0 aliphatic rings. The van der Waals surface area contributed by atoms with E-state index in [2.05, 4.69) is 10.1 Å². The van der Waals surface area contributed by atoms with Crippen molar-refractivity contribution in [3.05, 3.63) is 33.5 Å². The quantitative estimate of drug-likeness (QED) is 0.661. The Morgan fingerprint density at radius 2 is 2.06 bits per heavy atom. The Bertz CT molecular complexity index is 530. The number of alkyl halides is 2. The van der Waals surface area contributed by atoms with Gasteiger partial charge in [0.15, 0.2) is 0 Å². The fourth-order valence-corrected chi connectivity index (χ4v) is 1.67. The summed E-state index contributed by atoms with van der Waals surface area (Å²) in [5.41, 5.74) is 0.499. The molecule has 0 heterocycles. The van der Waals surface area contributed by atoms with Crippen molar-refractivity contribution in [2.75, 3.05) is 5.32 Å². The number of anilines is 1. The average Bonchev–Trinajstić information content (AvgIpc) is 2.32. The maximum Gasteiger partial charge on any atom is 0.387 e. The van der Waals surface area contributed by atoms with Gasteiger partial charge >= 0.3 is 6.61 Å². The van der Waals surface area contributed by atoms with Gasteiger partial charge in [0, 0.05) is 9.77 Å². The Labute approximate surface area is 116 Å². The van der Waals surface area contributed by atoms with E-state index in [1.807, 2.05) is 22.6 Å². The normalized spacial score (nSPS) is 9.22. The molecule has 0 atom stereocenters. The molecule has 0 aliphatic heterocycles. The van der Waals surface area contributed by atoms with Gasteiger partial charge in [0.05, 0.1) is 5.69 Å². The Morgan fingerprint density at radius 1 is 1.39 bits per heavy atom. The lowest BCUT2D eigenvalue weighted by Crippen LogP contribution is -2.02. The summed E-state index contributed by atoms with van der Waals surface area (Å²) in [7, 11) is 0. The van der Waals surface area contributed by atoms with Crippen LogP contribution in [-0.4, -0.2) is 6.61 Å². The lowest BCUT2D eigenvalue weighted by atomic mass is 10.3. The van der Waals surface area contributed by atoms with Crippen molar-refractivity contribution in [2.45, 2.75) is 6.61 Å². The minimum Gasteiger partial charge on any atom is -0.435 e. The summed E-state index contributed by atoms with van der Waals surface area (Å²) in [6.45, 7) is -2.87. The van der Waals surface area contributed by atoms with Gasteiger partial charge in [-0.2, -0.15) is 19.3 Å².